The van der Waals surface area contributed by atoms with Crippen molar-refractivity contribution in [3.05, 3.63) is 78.4 Å². The molecule has 134 valence electrons. The number of anilines is 1. The molecule has 0 saturated carbocycles. The van der Waals surface area contributed by atoms with Crippen molar-refractivity contribution in [2.45, 2.75) is 13.1 Å². The Hall–Kier alpha value is -3.27. The van der Waals surface area contributed by atoms with Crippen LogP contribution < -0.4 is 9.64 Å². The van der Waals surface area contributed by atoms with E-state index in [1.807, 2.05) is 12.1 Å². The van der Waals surface area contributed by atoms with Gasteiger partial charge in [-0.2, -0.15) is 0 Å². The Labute approximate surface area is 158 Å². The van der Waals surface area contributed by atoms with Crippen molar-refractivity contribution in [2.24, 2.45) is 0 Å². The fourth-order valence-corrected chi connectivity index (χ4v) is 4.14. The number of benzene rings is 3. The molecular formula is C23H21N3O. The van der Waals surface area contributed by atoms with E-state index in [0.717, 1.165) is 29.2 Å². The summed E-state index contributed by atoms with van der Waals surface area (Å²) < 4.78 is 7.85. The molecule has 3 aromatic carbocycles. The minimum Gasteiger partial charge on any atom is -0.497 e. The number of hydrogen-bond donors (Lipinski definition) is 0. The van der Waals surface area contributed by atoms with Crippen LogP contribution in [0.2, 0.25) is 0 Å². The Morgan fingerprint density at radius 2 is 1.78 bits per heavy atom. The number of para-hydroxylation sites is 3. The van der Waals surface area contributed by atoms with Crippen LogP contribution in [-0.4, -0.2) is 23.2 Å². The molecule has 0 N–H and O–H groups in total. The highest BCUT2D eigenvalue weighted by molar-refractivity contribution is 5.87. The monoisotopic (exact) mass is 355 g/mol. The summed E-state index contributed by atoms with van der Waals surface area (Å²) in [5.74, 6) is 1.89. The lowest BCUT2D eigenvalue weighted by Gasteiger charge is -2.40. The summed E-state index contributed by atoms with van der Waals surface area (Å²) in [6.45, 7) is 3.10. The molecule has 1 atom stereocenters. The first-order chi connectivity index (χ1) is 13.3. The van der Waals surface area contributed by atoms with E-state index in [0.29, 0.717) is 0 Å². The van der Waals surface area contributed by atoms with Gasteiger partial charge in [0.05, 0.1) is 18.1 Å². The Bertz CT molecular complexity index is 1130. The van der Waals surface area contributed by atoms with Crippen LogP contribution in [0.3, 0.4) is 0 Å². The standard InChI is InChI=1S/C23H21N3O/c1-3-25-20-13-6-4-11-18(20)22-24-19-12-5-7-14-21(19)26(22)23(25)16-9-8-10-17(15-16)27-2/h4-15,23H,3H2,1-2H3/t23-/m1/s1. The first kappa shape index (κ1) is 15.9. The van der Waals surface area contributed by atoms with Crippen molar-refractivity contribution >= 4 is 16.7 Å². The van der Waals surface area contributed by atoms with Gasteiger partial charge >= 0.3 is 0 Å². The van der Waals surface area contributed by atoms with E-state index < -0.39 is 0 Å². The molecule has 1 aliphatic heterocycles. The summed E-state index contributed by atoms with van der Waals surface area (Å²) in [6, 6.07) is 25.2. The molecule has 27 heavy (non-hydrogen) atoms. The molecule has 1 aliphatic rings. The Kier molecular flexibility index (Phi) is 3.64. The molecule has 4 heteroatoms. The fraction of sp³-hybridized carbons (Fsp3) is 0.174. The van der Waals surface area contributed by atoms with Gasteiger partial charge in [-0.25, -0.2) is 4.98 Å². The molecule has 0 amide bonds. The zero-order valence-electron chi connectivity index (χ0n) is 15.5. The number of methoxy groups -OCH3 is 1. The molecule has 2 heterocycles. The summed E-state index contributed by atoms with van der Waals surface area (Å²) in [5.41, 5.74) is 5.75. The van der Waals surface area contributed by atoms with E-state index >= 15 is 0 Å². The molecule has 0 aliphatic carbocycles. The van der Waals surface area contributed by atoms with Crippen molar-refractivity contribution in [1.82, 2.24) is 9.55 Å². The maximum Gasteiger partial charge on any atom is 0.145 e. The van der Waals surface area contributed by atoms with Crippen LogP contribution >= 0.6 is 0 Å². The van der Waals surface area contributed by atoms with Gasteiger partial charge in [-0.3, -0.25) is 4.57 Å². The number of rotatable bonds is 3. The first-order valence-corrected chi connectivity index (χ1v) is 9.28. The molecule has 0 fully saturated rings. The molecular weight excluding hydrogens is 334 g/mol. The minimum atomic E-state index is 0.0300. The number of nitrogens with zero attached hydrogens (tertiary/aromatic N) is 3. The van der Waals surface area contributed by atoms with Crippen LogP contribution in [0.1, 0.15) is 18.7 Å². The topological polar surface area (TPSA) is 30.3 Å². The van der Waals surface area contributed by atoms with Crippen LogP contribution in [0.5, 0.6) is 5.75 Å². The molecule has 4 nitrogen and oxygen atoms in total. The molecule has 4 aromatic rings. The van der Waals surface area contributed by atoms with Crippen molar-refractivity contribution < 1.29 is 4.74 Å². The van der Waals surface area contributed by atoms with Gasteiger partial charge < -0.3 is 9.64 Å². The Balaban J connectivity index is 1.85. The predicted molar refractivity (Wildman–Crippen MR) is 109 cm³/mol. The Morgan fingerprint density at radius 3 is 2.63 bits per heavy atom. The van der Waals surface area contributed by atoms with Crippen LogP contribution in [0, 0.1) is 0 Å². The van der Waals surface area contributed by atoms with Crippen LogP contribution in [0.25, 0.3) is 22.4 Å². The molecule has 0 saturated heterocycles. The SMILES string of the molecule is CCN1c2ccccc2-c2nc3ccccc3n2[C@@H]1c1cccc(OC)c1. The van der Waals surface area contributed by atoms with E-state index in [4.69, 9.17) is 9.72 Å². The van der Waals surface area contributed by atoms with E-state index in [-0.39, 0.29) is 6.17 Å². The number of aromatic nitrogens is 2. The van der Waals surface area contributed by atoms with Gasteiger partial charge in [0.15, 0.2) is 0 Å². The second-order valence-corrected chi connectivity index (χ2v) is 6.75. The molecule has 0 spiro atoms. The highest BCUT2D eigenvalue weighted by atomic mass is 16.5. The smallest absolute Gasteiger partial charge is 0.145 e. The fourth-order valence-electron chi connectivity index (χ4n) is 4.14. The average Bonchev–Trinajstić information content (AvgIpc) is 3.12. The number of ether oxygens (including phenoxy) is 1. The van der Waals surface area contributed by atoms with Crippen molar-refractivity contribution in [3.8, 4) is 17.1 Å². The van der Waals surface area contributed by atoms with Crippen molar-refractivity contribution in [3.63, 3.8) is 0 Å². The lowest BCUT2D eigenvalue weighted by molar-refractivity contribution is 0.413. The van der Waals surface area contributed by atoms with Crippen molar-refractivity contribution in [2.75, 3.05) is 18.6 Å². The zero-order chi connectivity index (χ0) is 18.4. The Morgan fingerprint density at radius 1 is 0.963 bits per heavy atom. The third-order valence-corrected chi connectivity index (χ3v) is 5.32. The van der Waals surface area contributed by atoms with Gasteiger partial charge in [0.1, 0.15) is 17.7 Å². The highest BCUT2D eigenvalue weighted by Gasteiger charge is 2.33. The first-order valence-electron chi connectivity index (χ1n) is 9.28. The van der Waals surface area contributed by atoms with Crippen molar-refractivity contribution in [1.29, 1.82) is 0 Å². The van der Waals surface area contributed by atoms with Gasteiger partial charge in [-0.1, -0.05) is 36.4 Å². The lowest BCUT2D eigenvalue weighted by atomic mass is 10.0. The van der Waals surface area contributed by atoms with Crippen LogP contribution in [-0.2, 0) is 0 Å². The summed E-state index contributed by atoms with van der Waals surface area (Å²) in [6.07, 6.45) is 0.0300. The number of fused-ring (bicyclic) bond motifs is 5. The third-order valence-electron chi connectivity index (χ3n) is 5.32. The van der Waals surface area contributed by atoms with Crippen LogP contribution in [0.15, 0.2) is 72.8 Å². The summed E-state index contributed by atoms with van der Waals surface area (Å²) in [5, 5.41) is 0. The molecule has 1 aromatic heterocycles. The van der Waals surface area contributed by atoms with E-state index in [9.17, 15) is 0 Å². The normalized spacial score (nSPS) is 15.5. The second kappa shape index (κ2) is 6.16. The summed E-state index contributed by atoms with van der Waals surface area (Å²) >= 11 is 0. The predicted octanol–water partition coefficient (Wildman–Crippen LogP) is 5.10. The van der Waals surface area contributed by atoms with Gasteiger partial charge in [-0.15, -0.1) is 0 Å². The summed E-state index contributed by atoms with van der Waals surface area (Å²) in [7, 11) is 1.71. The van der Waals surface area contributed by atoms with Gasteiger partial charge in [0, 0.05) is 17.8 Å². The zero-order valence-corrected chi connectivity index (χ0v) is 15.5. The number of imidazole rings is 1. The maximum atomic E-state index is 5.50. The van der Waals surface area contributed by atoms with E-state index in [1.54, 1.807) is 7.11 Å². The maximum absolute atomic E-state index is 5.50. The second-order valence-electron chi connectivity index (χ2n) is 6.75. The minimum absolute atomic E-state index is 0.0300. The van der Waals surface area contributed by atoms with E-state index in [2.05, 4.69) is 77.1 Å². The van der Waals surface area contributed by atoms with Gasteiger partial charge in [0.2, 0.25) is 0 Å². The lowest BCUT2D eigenvalue weighted by Crippen LogP contribution is -2.37. The van der Waals surface area contributed by atoms with Crippen LogP contribution in [0.4, 0.5) is 5.69 Å². The largest absolute Gasteiger partial charge is 0.497 e. The quantitative estimate of drug-likeness (QED) is 0.512. The molecule has 0 unspecified atom stereocenters. The van der Waals surface area contributed by atoms with Gasteiger partial charge in [0.25, 0.3) is 0 Å². The summed E-state index contributed by atoms with van der Waals surface area (Å²) in [4.78, 5) is 7.42. The molecule has 5 rings (SSSR count). The third kappa shape index (κ3) is 2.33. The average molecular weight is 355 g/mol. The molecule has 0 radical (unpaired) electrons. The van der Waals surface area contributed by atoms with Gasteiger partial charge in [-0.05, 0) is 48.9 Å². The number of hydrogen-bond acceptors (Lipinski definition) is 3. The highest BCUT2D eigenvalue weighted by Crippen LogP contribution is 2.44. The molecule has 0 bridgehead atoms. The van der Waals surface area contributed by atoms with E-state index in [1.165, 1.54) is 16.8 Å².